The number of nitrogens with zero attached hydrogens (tertiary/aromatic N) is 1. The van der Waals surface area contributed by atoms with Crippen LogP contribution in [0.2, 0.25) is 0 Å². The number of nitrogens with one attached hydrogen (secondary N) is 5. The molecule has 15 nitrogen and oxygen atoms in total. The first kappa shape index (κ1) is 33.5. The molecule has 0 aliphatic heterocycles. The number of aromatic nitrogens is 2. The van der Waals surface area contributed by atoms with E-state index in [1.54, 1.807) is 12.4 Å². The number of nitrogens with two attached hydrogens (primary N) is 3. The lowest BCUT2D eigenvalue weighted by atomic mass is 10.0. The largest absolute Gasteiger partial charge is 0.480 e. The van der Waals surface area contributed by atoms with Gasteiger partial charge in [0, 0.05) is 53.6 Å². The van der Waals surface area contributed by atoms with Gasteiger partial charge in [-0.05, 0) is 36.1 Å². The normalized spacial score (nSPS) is 13.8. The predicted octanol–water partition coefficient (Wildman–Crippen LogP) is -0.653. The van der Waals surface area contributed by atoms with Crippen molar-refractivity contribution >= 4 is 51.5 Å². The number of hydrogen-bond acceptors (Lipinski definition) is 7. The highest BCUT2D eigenvalue weighted by molar-refractivity contribution is 5.95. The van der Waals surface area contributed by atoms with Gasteiger partial charge in [-0.3, -0.25) is 19.4 Å². The van der Waals surface area contributed by atoms with Gasteiger partial charge in [-0.15, -0.1) is 0 Å². The van der Waals surface area contributed by atoms with E-state index in [0.29, 0.717) is 17.5 Å². The van der Waals surface area contributed by atoms with Gasteiger partial charge >= 0.3 is 5.97 Å². The van der Waals surface area contributed by atoms with Crippen molar-refractivity contribution in [3.63, 3.8) is 0 Å². The van der Waals surface area contributed by atoms with Crippen LogP contribution in [0, 0.1) is 0 Å². The van der Waals surface area contributed by atoms with Crippen LogP contribution in [-0.2, 0) is 32.0 Å². The van der Waals surface area contributed by atoms with Crippen LogP contribution >= 0.6 is 0 Å². The molecule has 3 amide bonds. The molecule has 4 atom stereocenters. The third kappa shape index (κ3) is 8.61. The molecule has 46 heavy (non-hydrogen) atoms. The molecule has 0 spiro atoms. The summed E-state index contributed by atoms with van der Waals surface area (Å²) in [6.45, 7) is -0.553. The van der Waals surface area contributed by atoms with Crippen molar-refractivity contribution in [1.82, 2.24) is 25.9 Å². The number of aliphatic imine (C=N–C) groups is 1. The number of carbonyl (C=O) groups is 4. The lowest BCUT2D eigenvalue weighted by molar-refractivity contribution is -0.142. The minimum atomic E-state index is -1.51. The van der Waals surface area contributed by atoms with Crippen molar-refractivity contribution in [2.45, 2.75) is 49.9 Å². The Bertz CT molecular complexity index is 1710. The van der Waals surface area contributed by atoms with Crippen molar-refractivity contribution < 1.29 is 29.4 Å². The van der Waals surface area contributed by atoms with Crippen LogP contribution in [0.1, 0.15) is 24.0 Å². The molecule has 0 saturated heterocycles. The number of carbonyl (C=O) groups excluding carboxylic acids is 3. The van der Waals surface area contributed by atoms with Gasteiger partial charge in [0.05, 0.1) is 12.6 Å². The molecule has 0 bridgehead atoms. The van der Waals surface area contributed by atoms with E-state index in [9.17, 15) is 29.4 Å². The number of carboxylic acid groups (broad SMARTS) is 1. The van der Waals surface area contributed by atoms with Crippen molar-refractivity contribution in [3.05, 3.63) is 72.1 Å². The number of amides is 3. The highest BCUT2D eigenvalue weighted by Gasteiger charge is 2.31. The van der Waals surface area contributed by atoms with Crippen molar-refractivity contribution in [1.29, 1.82) is 0 Å². The van der Waals surface area contributed by atoms with Gasteiger partial charge in [-0.25, -0.2) is 4.79 Å². The van der Waals surface area contributed by atoms with Crippen LogP contribution in [0.5, 0.6) is 0 Å². The number of aromatic amines is 2. The molecule has 4 aromatic rings. The Kier molecular flexibility index (Phi) is 11.3. The molecule has 13 N–H and O–H groups in total. The van der Waals surface area contributed by atoms with Crippen molar-refractivity contribution in [2.24, 2.45) is 22.2 Å². The summed E-state index contributed by atoms with van der Waals surface area (Å²) in [7, 11) is 0. The maximum Gasteiger partial charge on any atom is 0.326 e. The molecule has 2 heterocycles. The van der Waals surface area contributed by atoms with Gasteiger partial charge in [0.25, 0.3) is 0 Å². The second-order valence-electron chi connectivity index (χ2n) is 10.9. The summed E-state index contributed by atoms with van der Waals surface area (Å²) in [6.07, 6.45) is 4.02. The molecule has 0 aliphatic carbocycles. The number of para-hydroxylation sites is 2. The topological polar surface area (TPSA) is 267 Å². The highest BCUT2D eigenvalue weighted by Crippen LogP contribution is 2.20. The first-order chi connectivity index (χ1) is 22.1. The number of benzene rings is 2. The van der Waals surface area contributed by atoms with Crippen molar-refractivity contribution in [2.75, 3.05) is 13.2 Å². The Morgan fingerprint density at radius 1 is 0.761 bits per heavy atom. The first-order valence-corrected chi connectivity index (χ1v) is 14.7. The SMILES string of the molecule is NC(N)=NCCCC(N)C(=O)NC(Cc1c[nH]c2ccccc12)C(=O)NC(CO)C(=O)NC(Cc1c[nH]c2ccccc12)C(=O)O. The van der Waals surface area contributed by atoms with E-state index in [2.05, 4.69) is 30.9 Å². The summed E-state index contributed by atoms with van der Waals surface area (Å²) in [5.41, 5.74) is 19.7. The van der Waals surface area contributed by atoms with Gasteiger partial charge in [0.15, 0.2) is 5.96 Å². The molecule has 0 fully saturated rings. The zero-order valence-electron chi connectivity index (χ0n) is 25.0. The maximum atomic E-state index is 13.6. The van der Waals surface area contributed by atoms with E-state index in [0.717, 1.165) is 21.8 Å². The molecule has 0 saturated carbocycles. The van der Waals surface area contributed by atoms with E-state index in [-0.39, 0.29) is 31.8 Å². The Balaban J connectivity index is 1.47. The van der Waals surface area contributed by atoms with E-state index in [1.165, 1.54) is 0 Å². The predicted molar refractivity (Wildman–Crippen MR) is 172 cm³/mol. The quantitative estimate of drug-likeness (QED) is 0.0426. The number of hydrogen-bond donors (Lipinski definition) is 10. The van der Waals surface area contributed by atoms with E-state index in [1.807, 2.05) is 48.5 Å². The van der Waals surface area contributed by atoms with Gasteiger partial charge < -0.3 is 53.3 Å². The van der Waals surface area contributed by atoms with E-state index >= 15 is 0 Å². The zero-order chi connectivity index (χ0) is 33.2. The average Bonchev–Trinajstić information content (AvgIpc) is 3.64. The zero-order valence-corrected chi connectivity index (χ0v) is 25.0. The monoisotopic (exact) mass is 633 g/mol. The van der Waals surface area contributed by atoms with Gasteiger partial charge in [0.2, 0.25) is 17.7 Å². The minimum absolute atomic E-state index is 0.0282. The summed E-state index contributed by atoms with van der Waals surface area (Å²) in [5.74, 6) is -3.66. The lowest BCUT2D eigenvalue weighted by Gasteiger charge is -2.24. The number of H-pyrrole nitrogens is 2. The molecule has 244 valence electrons. The second-order valence-corrected chi connectivity index (χ2v) is 10.9. The average molecular weight is 634 g/mol. The fraction of sp³-hybridized carbons (Fsp3) is 0.323. The van der Waals surface area contributed by atoms with Gasteiger partial charge in [0.1, 0.15) is 18.1 Å². The van der Waals surface area contributed by atoms with E-state index < -0.39 is 54.5 Å². The summed E-state index contributed by atoms with van der Waals surface area (Å²) in [5, 5.41) is 29.0. The molecule has 15 heteroatoms. The van der Waals surface area contributed by atoms with Crippen LogP contribution in [0.4, 0.5) is 0 Å². The number of aliphatic hydroxyl groups is 1. The number of fused-ring (bicyclic) bond motifs is 2. The smallest absolute Gasteiger partial charge is 0.326 e. The van der Waals surface area contributed by atoms with Crippen LogP contribution in [0.15, 0.2) is 65.9 Å². The Morgan fingerprint density at radius 3 is 1.80 bits per heavy atom. The lowest BCUT2D eigenvalue weighted by Crippen LogP contribution is -2.58. The molecular formula is C31H39N9O6. The Hall–Kier alpha value is -5.41. The molecule has 2 aromatic carbocycles. The third-order valence-corrected chi connectivity index (χ3v) is 7.57. The molecule has 4 rings (SSSR count). The number of aliphatic hydroxyl groups excluding tert-OH is 1. The number of carboxylic acids is 1. The van der Waals surface area contributed by atoms with Crippen LogP contribution < -0.4 is 33.2 Å². The molecule has 2 aromatic heterocycles. The van der Waals surface area contributed by atoms with Crippen LogP contribution in [0.25, 0.3) is 21.8 Å². The third-order valence-electron chi connectivity index (χ3n) is 7.57. The van der Waals surface area contributed by atoms with Gasteiger partial charge in [-0.1, -0.05) is 36.4 Å². The Morgan fingerprint density at radius 2 is 1.26 bits per heavy atom. The summed E-state index contributed by atoms with van der Waals surface area (Å²) >= 11 is 0. The molecule has 0 aliphatic rings. The first-order valence-electron chi connectivity index (χ1n) is 14.7. The number of aliphatic carboxylic acids is 1. The summed E-state index contributed by atoms with van der Waals surface area (Å²) in [6, 6.07) is 9.70. The highest BCUT2D eigenvalue weighted by atomic mass is 16.4. The fourth-order valence-corrected chi connectivity index (χ4v) is 5.12. The number of rotatable bonds is 16. The van der Waals surface area contributed by atoms with Crippen LogP contribution in [-0.4, -0.2) is 87.2 Å². The summed E-state index contributed by atoms with van der Waals surface area (Å²) < 4.78 is 0. The molecule has 0 radical (unpaired) electrons. The molecular weight excluding hydrogens is 594 g/mol. The van der Waals surface area contributed by atoms with Gasteiger partial charge in [-0.2, -0.15) is 0 Å². The minimum Gasteiger partial charge on any atom is -0.480 e. The van der Waals surface area contributed by atoms with Crippen molar-refractivity contribution in [3.8, 4) is 0 Å². The second kappa shape index (κ2) is 15.5. The Labute approximate surface area is 264 Å². The number of guanidine groups is 1. The maximum absolute atomic E-state index is 13.6. The van der Waals surface area contributed by atoms with E-state index in [4.69, 9.17) is 17.2 Å². The van der Waals surface area contributed by atoms with Crippen LogP contribution in [0.3, 0.4) is 0 Å². The molecule has 4 unspecified atom stereocenters. The standard InChI is InChI=1S/C31H39N9O6/c32-21(8-5-11-35-31(33)34)27(42)38-24(12-17-14-36-22-9-3-1-6-19(17)22)28(43)40-26(16-41)29(44)39-25(30(45)46)13-18-15-37-23-10-4-2-7-20(18)23/h1-4,6-7,9-10,14-15,21,24-26,36-37,41H,5,8,11-13,16,32H2,(H,38,42)(H,39,44)(H,40,43)(H,45,46)(H4,33,34,35). The fourth-order valence-electron chi connectivity index (χ4n) is 5.12. The summed E-state index contributed by atoms with van der Waals surface area (Å²) in [4.78, 5) is 61.9.